The molecule has 0 amide bonds. The SMILES string of the molecule is CCCC1CC1NS(=O)(=O)c1cc(CO)n(C)c1. The first-order chi connectivity index (χ1) is 8.47. The highest BCUT2D eigenvalue weighted by Crippen LogP contribution is 2.35. The Bertz CT molecular complexity index is 521. The molecule has 1 aromatic heterocycles. The number of hydrogen-bond donors (Lipinski definition) is 2. The number of hydrogen-bond acceptors (Lipinski definition) is 3. The normalized spacial score (nSPS) is 23.3. The van der Waals surface area contributed by atoms with Crippen LogP contribution < -0.4 is 4.72 Å². The van der Waals surface area contributed by atoms with Gasteiger partial charge in [-0.05, 0) is 24.8 Å². The number of aliphatic hydroxyl groups is 1. The van der Waals surface area contributed by atoms with Gasteiger partial charge in [-0.3, -0.25) is 0 Å². The number of aromatic nitrogens is 1. The molecule has 2 N–H and O–H groups in total. The van der Waals surface area contributed by atoms with E-state index in [4.69, 9.17) is 5.11 Å². The molecule has 0 radical (unpaired) electrons. The molecule has 1 aromatic rings. The monoisotopic (exact) mass is 272 g/mol. The highest BCUT2D eigenvalue weighted by atomic mass is 32.2. The molecule has 102 valence electrons. The molecule has 2 rings (SSSR count). The lowest BCUT2D eigenvalue weighted by molar-refractivity contribution is 0.272. The van der Waals surface area contributed by atoms with E-state index in [9.17, 15) is 8.42 Å². The van der Waals surface area contributed by atoms with Gasteiger partial charge in [-0.1, -0.05) is 13.3 Å². The maximum Gasteiger partial charge on any atom is 0.242 e. The minimum absolute atomic E-state index is 0.0905. The van der Waals surface area contributed by atoms with Crippen LogP contribution in [-0.4, -0.2) is 24.1 Å². The summed E-state index contributed by atoms with van der Waals surface area (Å²) < 4.78 is 28.6. The lowest BCUT2D eigenvalue weighted by atomic mass is 10.2. The molecule has 0 saturated heterocycles. The summed E-state index contributed by atoms with van der Waals surface area (Å²) in [5.74, 6) is 0.491. The summed E-state index contributed by atoms with van der Waals surface area (Å²) in [4.78, 5) is 0.233. The Labute approximate surface area is 108 Å². The third-order valence-corrected chi connectivity index (χ3v) is 4.90. The van der Waals surface area contributed by atoms with Crippen LogP contribution in [0.2, 0.25) is 0 Å². The highest BCUT2D eigenvalue weighted by molar-refractivity contribution is 7.89. The zero-order valence-corrected chi connectivity index (χ0v) is 11.6. The van der Waals surface area contributed by atoms with E-state index < -0.39 is 10.0 Å². The summed E-state index contributed by atoms with van der Waals surface area (Å²) in [5.41, 5.74) is 0.594. The third-order valence-electron chi connectivity index (χ3n) is 3.44. The van der Waals surface area contributed by atoms with Gasteiger partial charge in [0.05, 0.1) is 11.5 Å². The molecule has 1 fully saturated rings. The summed E-state index contributed by atoms with van der Waals surface area (Å²) in [6.07, 6.45) is 4.63. The lowest BCUT2D eigenvalue weighted by Crippen LogP contribution is -2.26. The van der Waals surface area contributed by atoms with Crippen LogP contribution in [0.1, 0.15) is 31.9 Å². The minimum atomic E-state index is -3.44. The molecular weight excluding hydrogens is 252 g/mol. The second-order valence-corrected chi connectivity index (χ2v) is 6.66. The number of rotatable bonds is 6. The van der Waals surface area contributed by atoms with Gasteiger partial charge in [-0.15, -0.1) is 0 Å². The second kappa shape index (κ2) is 5.03. The van der Waals surface area contributed by atoms with Crippen molar-refractivity contribution in [1.29, 1.82) is 0 Å². The summed E-state index contributed by atoms with van der Waals surface area (Å²) in [5, 5.41) is 9.07. The second-order valence-electron chi connectivity index (χ2n) is 4.95. The van der Waals surface area contributed by atoms with Crippen molar-refractivity contribution in [1.82, 2.24) is 9.29 Å². The van der Waals surface area contributed by atoms with Crippen molar-refractivity contribution in [2.24, 2.45) is 13.0 Å². The zero-order valence-electron chi connectivity index (χ0n) is 10.8. The van der Waals surface area contributed by atoms with E-state index in [1.165, 1.54) is 12.3 Å². The van der Waals surface area contributed by atoms with E-state index in [1.54, 1.807) is 11.6 Å². The van der Waals surface area contributed by atoms with E-state index in [0.717, 1.165) is 19.3 Å². The fraction of sp³-hybridized carbons (Fsp3) is 0.667. The van der Waals surface area contributed by atoms with Gasteiger partial charge in [-0.25, -0.2) is 13.1 Å². The van der Waals surface area contributed by atoms with Gasteiger partial charge < -0.3 is 9.67 Å². The fourth-order valence-corrected chi connectivity index (χ4v) is 3.64. The molecule has 0 aromatic carbocycles. The van der Waals surface area contributed by atoms with Crippen molar-refractivity contribution < 1.29 is 13.5 Å². The van der Waals surface area contributed by atoms with Gasteiger partial charge in [0.15, 0.2) is 0 Å². The molecule has 2 unspecified atom stereocenters. The third kappa shape index (κ3) is 2.76. The summed E-state index contributed by atoms with van der Waals surface area (Å²) in [6.45, 7) is 1.95. The average Bonchev–Trinajstić information content (AvgIpc) is 2.88. The van der Waals surface area contributed by atoms with Crippen LogP contribution in [-0.2, 0) is 23.7 Å². The molecule has 1 aliphatic rings. The van der Waals surface area contributed by atoms with E-state index >= 15 is 0 Å². The number of aryl methyl sites for hydroxylation is 1. The lowest BCUT2D eigenvalue weighted by Gasteiger charge is -2.03. The molecule has 0 spiro atoms. The number of sulfonamides is 1. The smallest absolute Gasteiger partial charge is 0.242 e. The molecule has 18 heavy (non-hydrogen) atoms. The maximum atomic E-state index is 12.1. The van der Waals surface area contributed by atoms with Gasteiger partial charge >= 0.3 is 0 Å². The summed E-state index contributed by atoms with van der Waals surface area (Å²) >= 11 is 0. The molecule has 0 aliphatic heterocycles. The van der Waals surface area contributed by atoms with Crippen molar-refractivity contribution in [3.05, 3.63) is 18.0 Å². The Kier molecular flexibility index (Phi) is 3.79. The first-order valence-electron chi connectivity index (χ1n) is 6.26. The Hall–Kier alpha value is -0.850. The van der Waals surface area contributed by atoms with Crippen LogP contribution in [0.15, 0.2) is 17.2 Å². The Morgan fingerprint density at radius 3 is 2.83 bits per heavy atom. The standard InChI is InChI=1S/C12H20N2O3S/c1-3-4-9-5-12(9)13-18(16,17)11-6-10(8-15)14(2)7-11/h6-7,9,12-13,15H,3-5,8H2,1-2H3. The van der Waals surface area contributed by atoms with Gasteiger partial charge in [-0.2, -0.15) is 0 Å². The van der Waals surface area contributed by atoms with Gasteiger partial charge in [0.25, 0.3) is 0 Å². The quantitative estimate of drug-likeness (QED) is 0.811. The largest absolute Gasteiger partial charge is 0.390 e. The van der Waals surface area contributed by atoms with E-state index in [2.05, 4.69) is 11.6 Å². The van der Waals surface area contributed by atoms with Crippen LogP contribution >= 0.6 is 0 Å². The van der Waals surface area contributed by atoms with Crippen LogP contribution in [0.3, 0.4) is 0 Å². The predicted octanol–water partition coefficient (Wildman–Crippen LogP) is 0.984. The van der Waals surface area contributed by atoms with Crippen molar-refractivity contribution >= 4 is 10.0 Å². The van der Waals surface area contributed by atoms with Crippen molar-refractivity contribution in [2.75, 3.05) is 0 Å². The minimum Gasteiger partial charge on any atom is -0.390 e. The molecule has 1 saturated carbocycles. The van der Waals surface area contributed by atoms with Crippen molar-refractivity contribution in [2.45, 2.75) is 43.7 Å². The van der Waals surface area contributed by atoms with Gasteiger partial charge in [0.1, 0.15) is 0 Å². The number of nitrogens with one attached hydrogen (secondary N) is 1. The zero-order chi connectivity index (χ0) is 13.3. The molecular formula is C12H20N2O3S. The fourth-order valence-electron chi connectivity index (χ4n) is 2.23. The van der Waals surface area contributed by atoms with Crippen molar-refractivity contribution in [3.8, 4) is 0 Å². The van der Waals surface area contributed by atoms with Crippen LogP contribution in [0, 0.1) is 5.92 Å². The first-order valence-corrected chi connectivity index (χ1v) is 7.74. The number of aliphatic hydroxyl groups excluding tert-OH is 1. The molecule has 5 nitrogen and oxygen atoms in total. The topological polar surface area (TPSA) is 71.3 Å². The van der Waals surface area contributed by atoms with E-state index in [0.29, 0.717) is 11.6 Å². The number of nitrogens with zero attached hydrogens (tertiary/aromatic N) is 1. The summed E-state index contributed by atoms with van der Waals surface area (Å²) in [6, 6.07) is 1.60. The molecule has 0 bridgehead atoms. The Balaban J connectivity index is 2.07. The first kappa shape index (κ1) is 13.6. The maximum absolute atomic E-state index is 12.1. The van der Waals surface area contributed by atoms with E-state index in [1.807, 2.05) is 0 Å². The average molecular weight is 272 g/mol. The Morgan fingerprint density at radius 2 is 2.28 bits per heavy atom. The van der Waals surface area contributed by atoms with Crippen LogP contribution in [0.5, 0.6) is 0 Å². The molecule has 1 heterocycles. The predicted molar refractivity (Wildman–Crippen MR) is 68.5 cm³/mol. The van der Waals surface area contributed by atoms with Crippen LogP contribution in [0.4, 0.5) is 0 Å². The van der Waals surface area contributed by atoms with Crippen molar-refractivity contribution in [3.63, 3.8) is 0 Å². The van der Waals surface area contributed by atoms with Gasteiger partial charge in [0.2, 0.25) is 10.0 Å². The highest BCUT2D eigenvalue weighted by Gasteiger charge is 2.39. The van der Waals surface area contributed by atoms with Gasteiger partial charge in [0, 0.05) is 25.0 Å². The molecule has 2 atom stereocenters. The summed E-state index contributed by atoms with van der Waals surface area (Å²) in [7, 11) is -1.72. The van der Waals surface area contributed by atoms with E-state index in [-0.39, 0.29) is 17.5 Å². The Morgan fingerprint density at radius 1 is 1.56 bits per heavy atom. The van der Waals surface area contributed by atoms with Crippen LogP contribution in [0.25, 0.3) is 0 Å². The molecule has 1 aliphatic carbocycles. The molecule has 6 heteroatoms.